The summed E-state index contributed by atoms with van der Waals surface area (Å²) in [6, 6.07) is 8.58. The molecule has 1 amide bonds. The maximum Gasteiger partial charge on any atom is 0.221 e. The van der Waals surface area contributed by atoms with Gasteiger partial charge in [-0.25, -0.2) is 0 Å². The molecule has 0 bridgehead atoms. The predicted molar refractivity (Wildman–Crippen MR) is 75.2 cm³/mol. The molecule has 0 aliphatic carbocycles. The summed E-state index contributed by atoms with van der Waals surface area (Å²) in [5.74, 6) is 1.02. The Labute approximate surface area is 114 Å². The van der Waals surface area contributed by atoms with Crippen LogP contribution >= 0.6 is 0 Å². The van der Waals surface area contributed by atoms with Crippen molar-refractivity contribution in [3.63, 3.8) is 0 Å². The topological polar surface area (TPSA) is 50.4 Å². The molecule has 0 radical (unpaired) electrons. The molecule has 4 heteroatoms. The van der Waals surface area contributed by atoms with Gasteiger partial charge in [0.15, 0.2) is 0 Å². The van der Waals surface area contributed by atoms with Crippen molar-refractivity contribution in [2.75, 3.05) is 6.54 Å². The van der Waals surface area contributed by atoms with E-state index in [9.17, 15) is 4.79 Å². The van der Waals surface area contributed by atoms with E-state index in [1.54, 1.807) is 0 Å². The number of carbonyl (C=O) groups excluding carboxylic acids is 1. The lowest BCUT2D eigenvalue weighted by Gasteiger charge is -2.19. The zero-order valence-corrected chi connectivity index (χ0v) is 11.8. The van der Waals surface area contributed by atoms with Gasteiger partial charge in [-0.05, 0) is 38.5 Å². The Morgan fingerprint density at radius 2 is 1.95 bits per heavy atom. The SMILES string of the molecule is CC(C)Oc1ccc(C(C)NC2CNC(=O)C2)cc1. The van der Waals surface area contributed by atoms with E-state index in [0.717, 1.165) is 12.3 Å². The van der Waals surface area contributed by atoms with Gasteiger partial charge < -0.3 is 15.4 Å². The predicted octanol–water partition coefficient (Wildman–Crippen LogP) is 2.01. The lowest BCUT2D eigenvalue weighted by Crippen LogP contribution is -2.33. The quantitative estimate of drug-likeness (QED) is 0.853. The van der Waals surface area contributed by atoms with Gasteiger partial charge >= 0.3 is 0 Å². The lowest BCUT2D eigenvalue weighted by atomic mass is 10.1. The van der Waals surface area contributed by atoms with Gasteiger partial charge in [0.25, 0.3) is 0 Å². The zero-order chi connectivity index (χ0) is 13.8. The summed E-state index contributed by atoms with van der Waals surface area (Å²) in [7, 11) is 0. The van der Waals surface area contributed by atoms with Crippen LogP contribution in [-0.4, -0.2) is 24.6 Å². The first-order chi connectivity index (χ1) is 9.04. The third kappa shape index (κ3) is 3.96. The van der Waals surface area contributed by atoms with Crippen molar-refractivity contribution in [3.8, 4) is 5.75 Å². The summed E-state index contributed by atoms with van der Waals surface area (Å²) in [6.45, 7) is 6.86. The van der Waals surface area contributed by atoms with E-state index in [-0.39, 0.29) is 24.1 Å². The van der Waals surface area contributed by atoms with Gasteiger partial charge in [0.2, 0.25) is 5.91 Å². The van der Waals surface area contributed by atoms with Crippen LogP contribution in [0.3, 0.4) is 0 Å². The summed E-state index contributed by atoms with van der Waals surface area (Å²) in [5.41, 5.74) is 1.20. The van der Waals surface area contributed by atoms with E-state index in [0.29, 0.717) is 6.42 Å². The average molecular weight is 262 g/mol. The molecule has 0 aromatic heterocycles. The van der Waals surface area contributed by atoms with Gasteiger partial charge in [0.05, 0.1) is 6.10 Å². The van der Waals surface area contributed by atoms with Crippen LogP contribution in [0.2, 0.25) is 0 Å². The summed E-state index contributed by atoms with van der Waals surface area (Å²) in [6.07, 6.45) is 0.760. The highest BCUT2D eigenvalue weighted by molar-refractivity contribution is 5.78. The molecule has 1 aliphatic rings. The molecule has 19 heavy (non-hydrogen) atoms. The number of hydrogen-bond donors (Lipinski definition) is 2. The van der Waals surface area contributed by atoms with Crippen LogP contribution in [0, 0.1) is 0 Å². The number of amides is 1. The number of rotatable bonds is 5. The Bertz CT molecular complexity index is 428. The van der Waals surface area contributed by atoms with Gasteiger partial charge in [0, 0.05) is 25.0 Å². The maximum atomic E-state index is 11.2. The number of carbonyl (C=O) groups is 1. The van der Waals surface area contributed by atoms with Crippen LogP contribution < -0.4 is 15.4 Å². The molecule has 2 unspecified atom stereocenters. The lowest BCUT2D eigenvalue weighted by molar-refractivity contribution is -0.119. The van der Waals surface area contributed by atoms with Crippen molar-refractivity contribution in [1.82, 2.24) is 10.6 Å². The minimum Gasteiger partial charge on any atom is -0.491 e. The van der Waals surface area contributed by atoms with Gasteiger partial charge in [-0.1, -0.05) is 12.1 Å². The fourth-order valence-corrected chi connectivity index (χ4v) is 2.28. The zero-order valence-electron chi connectivity index (χ0n) is 11.8. The summed E-state index contributed by atoms with van der Waals surface area (Å²) < 4.78 is 5.62. The second kappa shape index (κ2) is 6.06. The minimum atomic E-state index is 0.130. The van der Waals surface area contributed by atoms with E-state index in [2.05, 4.69) is 29.7 Å². The Balaban J connectivity index is 1.91. The Morgan fingerprint density at radius 1 is 1.26 bits per heavy atom. The highest BCUT2D eigenvalue weighted by atomic mass is 16.5. The van der Waals surface area contributed by atoms with E-state index in [1.807, 2.05) is 26.0 Å². The summed E-state index contributed by atoms with van der Waals surface area (Å²) >= 11 is 0. The first-order valence-corrected chi connectivity index (χ1v) is 6.84. The first kappa shape index (κ1) is 13.9. The van der Waals surface area contributed by atoms with Crippen molar-refractivity contribution < 1.29 is 9.53 Å². The Morgan fingerprint density at radius 3 is 2.47 bits per heavy atom. The molecule has 2 atom stereocenters. The molecule has 1 fully saturated rings. The average Bonchev–Trinajstić information content (AvgIpc) is 2.75. The Hall–Kier alpha value is -1.55. The van der Waals surface area contributed by atoms with Crippen LogP contribution in [0.25, 0.3) is 0 Å². The second-order valence-electron chi connectivity index (χ2n) is 5.33. The molecule has 0 spiro atoms. The van der Waals surface area contributed by atoms with Gasteiger partial charge in [-0.15, -0.1) is 0 Å². The molecule has 1 aromatic rings. The van der Waals surface area contributed by atoms with Crippen LogP contribution in [-0.2, 0) is 4.79 Å². The number of hydrogen-bond acceptors (Lipinski definition) is 3. The molecule has 1 heterocycles. The molecule has 2 N–H and O–H groups in total. The molecule has 104 valence electrons. The smallest absolute Gasteiger partial charge is 0.221 e. The standard InChI is InChI=1S/C15H22N2O2/c1-10(2)19-14-6-4-12(5-7-14)11(3)17-13-8-15(18)16-9-13/h4-7,10-11,13,17H,8-9H2,1-3H3,(H,16,18). The largest absolute Gasteiger partial charge is 0.491 e. The van der Waals surface area contributed by atoms with E-state index in [4.69, 9.17) is 4.74 Å². The molecule has 0 saturated carbocycles. The van der Waals surface area contributed by atoms with E-state index < -0.39 is 0 Å². The molecular formula is C15H22N2O2. The fourth-order valence-electron chi connectivity index (χ4n) is 2.28. The summed E-state index contributed by atoms with van der Waals surface area (Å²) in [5, 5.41) is 6.30. The molecule has 1 aliphatic heterocycles. The highest BCUT2D eigenvalue weighted by Gasteiger charge is 2.22. The van der Waals surface area contributed by atoms with Crippen LogP contribution in [0.4, 0.5) is 0 Å². The number of nitrogens with one attached hydrogen (secondary N) is 2. The van der Waals surface area contributed by atoms with E-state index in [1.165, 1.54) is 5.56 Å². The molecule has 1 saturated heterocycles. The Kier molecular flexibility index (Phi) is 4.43. The fraction of sp³-hybridized carbons (Fsp3) is 0.533. The molecule has 1 aromatic carbocycles. The van der Waals surface area contributed by atoms with Crippen molar-refractivity contribution in [2.24, 2.45) is 0 Å². The normalized spacial score (nSPS) is 20.4. The van der Waals surface area contributed by atoms with Crippen molar-refractivity contribution in [3.05, 3.63) is 29.8 Å². The molecular weight excluding hydrogens is 240 g/mol. The van der Waals surface area contributed by atoms with Crippen LogP contribution in [0.5, 0.6) is 5.75 Å². The van der Waals surface area contributed by atoms with Crippen LogP contribution in [0.1, 0.15) is 38.8 Å². The van der Waals surface area contributed by atoms with Gasteiger partial charge in [-0.2, -0.15) is 0 Å². The first-order valence-electron chi connectivity index (χ1n) is 6.84. The van der Waals surface area contributed by atoms with Crippen molar-refractivity contribution >= 4 is 5.91 Å². The van der Waals surface area contributed by atoms with E-state index >= 15 is 0 Å². The highest BCUT2D eigenvalue weighted by Crippen LogP contribution is 2.19. The molecule has 4 nitrogen and oxygen atoms in total. The second-order valence-corrected chi connectivity index (χ2v) is 5.33. The van der Waals surface area contributed by atoms with Crippen LogP contribution in [0.15, 0.2) is 24.3 Å². The van der Waals surface area contributed by atoms with Crippen molar-refractivity contribution in [2.45, 2.75) is 45.4 Å². The maximum absolute atomic E-state index is 11.2. The van der Waals surface area contributed by atoms with Crippen molar-refractivity contribution in [1.29, 1.82) is 0 Å². The minimum absolute atomic E-state index is 0.130. The van der Waals surface area contributed by atoms with Gasteiger partial charge in [-0.3, -0.25) is 4.79 Å². The molecule has 2 rings (SSSR count). The third-order valence-corrected chi connectivity index (χ3v) is 3.22. The third-order valence-electron chi connectivity index (χ3n) is 3.22. The number of benzene rings is 1. The summed E-state index contributed by atoms with van der Waals surface area (Å²) in [4.78, 5) is 11.2. The number of ether oxygens (including phenoxy) is 1. The van der Waals surface area contributed by atoms with Gasteiger partial charge in [0.1, 0.15) is 5.75 Å². The monoisotopic (exact) mass is 262 g/mol.